The lowest BCUT2D eigenvalue weighted by Gasteiger charge is -2.11. The molecule has 2 rings (SSSR count). The molecule has 0 spiro atoms. The summed E-state index contributed by atoms with van der Waals surface area (Å²) in [7, 11) is 0. The number of rotatable bonds is 6. The van der Waals surface area contributed by atoms with Crippen LogP contribution in [0.15, 0.2) is 42.5 Å². The van der Waals surface area contributed by atoms with Crippen LogP contribution in [0, 0.1) is 17.0 Å². The minimum atomic E-state index is -0.403. The molecule has 0 amide bonds. The van der Waals surface area contributed by atoms with E-state index >= 15 is 0 Å². The van der Waals surface area contributed by atoms with E-state index < -0.39 is 4.92 Å². The van der Waals surface area contributed by atoms with Gasteiger partial charge in [-0.15, -0.1) is 0 Å². The number of hydrogen-bond donors (Lipinski definition) is 1. The lowest BCUT2D eigenvalue weighted by atomic mass is 10.1. The fourth-order valence-electron chi connectivity index (χ4n) is 2.07. The molecule has 0 unspecified atom stereocenters. The van der Waals surface area contributed by atoms with Crippen molar-refractivity contribution < 1.29 is 9.66 Å². The van der Waals surface area contributed by atoms with E-state index in [-0.39, 0.29) is 5.69 Å². The number of aryl methyl sites for hydroxylation is 1. The van der Waals surface area contributed by atoms with Crippen LogP contribution in [0.25, 0.3) is 0 Å². The topological polar surface area (TPSA) is 78.4 Å². The zero-order valence-corrected chi connectivity index (χ0v) is 11.9. The molecular formula is C16H18N2O3. The highest BCUT2D eigenvalue weighted by Crippen LogP contribution is 2.20. The maximum absolute atomic E-state index is 10.6. The van der Waals surface area contributed by atoms with Crippen molar-refractivity contribution in [1.29, 1.82) is 0 Å². The van der Waals surface area contributed by atoms with Gasteiger partial charge in [0.2, 0.25) is 0 Å². The van der Waals surface area contributed by atoms with Crippen LogP contribution in [-0.4, -0.2) is 11.5 Å². The molecule has 110 valence electrons. The second-order valence-electron chi connectivity index (χ2n) is 4.84. The summed E-state index contributed by atoms with van der Waals surface area (Å²) in [5.74, 6) is 0.796. The molecule has 0 aliphatic rings. The van der Waals surface area contributed by atoms with E-state index in [1.165, 1.54) is 12.1 Å². The fourth-order valence-corrected chi connectivity index (χ4v) is 2.07. The normalized spacial score (nSPS) is 10.4. The Bertz CT molecular complexity index is 624. The molecule has 0 aliphatic carbocycles. The summed E-state index contributed by atoms with van der Waals surface area (Å²) in [4.78, 5) is 10.2. The number of ether oxygens (including phenoxy) is 1. The third kappa shape index (κ3) is 4.03. The summed E-state index contributed by atoms with van der Waals surface area (Å²) < 4.78 is 5.75. The Morgan fingerprint density at radius 3 is 2.52 bits per heavy atom. The van der Waals surface area contributed by atoms with Gasteiger partial charge in [0.25, 0.3) is 5.69 Å². The van der Waals surface area contributed by atoms with Crippen LogP contribution in [0.3, 0.4) is 0 Å². The number of hydrogen-bond acceptors (Lipinski definition) is 4. The number of nitrogens with zero attached hydrogens (tertiary/aromatic N) is 1. The summed E-state index contributed by atoms with van der Waals surface area (Å²) in [5, 5.41) is 10.6. The Morgan fingerprint density at radius 1 is 1.19 bits per heavy atom. The van der Waals surface area contributed by atoms with Crippen molar-refractivity contribution in [1.82, 2.24) is 0 Å². The number of benzene rings is 2. The molecule has 0 saturated carbocycles. The summed E-state index contributed by atoms with van der Waals surface area (Å²) in [6.45, 7) is 2.96. The Hall–Kier alpha value is -2.40. The first kappa shape index (κ1) is 15.0. The molecule has 2 aromatic rings. The SMILES string of the molecule is Cc1ccc(OCCc2ccc([N+](=O)[O-])cc2)c(CN)c1. The molecule has 0 fully saturated rings. The second kappa shape index (κ2) is 6.85. The highest BCUT2D eigenvalue weighted by molar-refractivity contribution is 5.37. The van der Waals surface area contributed by atoms with Crippen molar-refractivity contribution in [3.8, 4) is 5.75 Å². The van der Waals surface area contributed by atoms with E-state index in [9.17, 15) is 10.1 Å². The van der Waals surface area contributed by atoms with E-state index in [0.717, 1.165) is 22.4 Å². The van der Waals surface area contributed by atoms with E-state index in [4.69, 9.17) is 10.5 Å². The second-order valence-corrected chi connectivity index (χ2v) is 4.84. The van der Waals surface area contributed by atoms with E-state index in [0.29, 0.717) is 19.6 Å². The maximum atomic E-state index is 10.6. The minimum Gasteiger partial charge on any atom is -0.493 e. The van der Waals surface area contributed by atoms with E-state index in [1.54, 1.807) is 12.1 Å². The quantitative estimate of drug-likeness (QED) is 0.654. The van der Waals surface area contributed by atoms with Crippen LogP contribution in [0.5, 0.6) is 5.75 Å². The molecule has 0 radical (unpaired) electrons. The molecule has 0 atom stereocenters. The largest absolute Gasteiger partial charge is 0.493 e. The third-order valence-electron chi connectivity index (χ3n) is 3.23. The van der Waals surface area contributed by atoms with E-state index in [2.05, 4.69) is 0 Å². The Kier molecular flexibility index (Phi) is 4.90. The average molecular weight is 286 g/mol. The Balaban J connectivity index is 1.93. The van der Waals surface area contributed by atoms with Crippen LogP contribution in [-0.2, 0) is 13.0 Å². The van der Waals surface area contributed by atoms with E-state index in [1.807, 2.05) is 25.1 Å². The van der Waals surface area contributed by atoms with Gasteiger partial charge >= 0.3 is 0 Å². The first-order valence-corrected chi connectivity index (χ1v) is 6.76. The van der Waals surface area contributed by atoms with Crippen LogP contribution in [0.1, 0.15) is 16.7 Å². The molecule has 0 bridgehead atoms. The smallest absolute Gasteiger partial charge is 0.269 e. The van der Waals surface area contributed by atoms with Gasteiger partial charge in [0.15, 0.2) is 0 Å². The van der Waals surface area contributed by atoms with Gasteiger partial charge in [-0.25, -0.2) is 0 Å². The summed E-state index contributed by atoms with van der Waals surface area (Å²) in [5.41, 5.74) is 8.94. The van der Waals surface area contributed by atoms with Crippen molar-refractivity contribution in [2.24, 2.45) is 5.73 Å². The van der Waals surface area contributed by atoms with Crippen molar-refractivity contribution >= 4 is 5.69 Å². The number of nitro groups is 1. The number of non-ortho nitro benzene ring substituents is 1. The molecule has 0 aromatic heterocycles. The van der Waals surface area contributed by atoms with Gasteiger partial charge < -0.3 is 10.5 Å². The molecule has 5 nitrogen and oxygen atoms in total. The van der Waals surface area contributed by atoms with Crippen molar-refractivity contribution in [3.63, 3.8) is 0 Å². The summed E-state index contributed by atoms with van der Waals surface area (Å²) in [6, 6.07) is 12.4. The van der Waals surface area contributed by atoms with Gasteiger partial charge in [-0.2, -0.15) is 0 Å². The zero-order chi connectivity index (χ0) is 15.2. The molecule has 2 aromatic carbocycles. The van der Waals surface area contributed by atoms with Crippen molar-refractivity contribution in [2.45, 2.75) is 19.9 Å². The van der Waals surface area contributed by atoms with Crippen LogP contribution in [0.4, 0.5) is 5.69 Å². The predicted octanol–water partition coefficient (Wildman–Crippen LogP) is 2.98. The highest BCUT2D eigenvalue weighted by atomic mass is 16.6. The van der Waals surface area contributed by atoms with Gasteiger partial charge in [-0.3, -0.25) is 10.1 Å². The first-order valence-electron chi connectivity index (χ1n) is 6.76. The monoisotopic (exact) mass is 286 g/mol. The molecule has 0 aliphatic heterocycles. The van der Waals surface area contributed by atoms with Crippen LogP contribution < -0.4 is 10.5 Å². The lowest BCUT2D eigenvalue weighted by Crippen LogP contribution is -2.06. The summed E-state index contributed by atoms with van der Waals surface area (Å²) in [6.07, 6.45) is 0.690. The minimum absolute atomic E-state index is 0.101. The molecule has 0 saturated heterocycles. The molecule has 2 N–H and O–H groups in total. The van der Waals surface area contributed by atoms with Gasteiger partial charge in [-0.1, -0.05) is 29.8 Å². The van der Waals surface area contributed by atoms with Gasteiger partial charge in [0.05, 0.1) is 11.5 Å². The van der Waals surface area contributed by atoms with Gasteiger partial charge in [0.1, 0.15) is 5.75 Å². The van der Waals surface area contributed by atoms with Crippen molar-refractivity contribution in [3.05, 3.63) is 69.3 Å². The first-order chi connectivity index (χ1) is 10.1. The molecule has 21 heavy (non-hydrogen) atoms. The Labute approximate surface area is 123 Å². The maximum Gasteiger partial charge on any atom is 0.269 e. The zero-order valence-electron chi connectivity index (χ0n) is 11.9. The lowest BCUT2D eigenvalue weighted by molar-refractivity contribution is -0.384. The Morgan fingerprint density at radius 2 is 1.90 bits per heavy atom. The third-order valence-corrected chi connectivity index (χ3v) is 3.23. The highest BCUT2D eigenvalue weighted by Gasteiger charge is 2.05. The molecule has 0 heterocycles. The summed E-state index contributed by atoms with van der Waals surface area (Å²) >= 11 is 0. The number of nitrogens with two attached hydrogens (primary N) is 1. The number of nitro benzene ring substituents is 1. The van der Waals surface area contributed by atoms with Crippen LogP contribution >= 0.6 is 0 Å². The van der Waals surface area contributed by atoms with Crippen LogP contribution in [0.2, 0.25) is 0 Å². The van der Waals surface area contributed by atoms with Gasteiger partial charge in [0, 0.05) is 30.7 Å². The predicted molar refractivity (Wildman–Crippen MR) is 81.4 cm³/mol. The van der Waals surface area contributed by atoms with Crippen molar-refractivity contribution in [2.75, 3.05) is 6.61 Å². The standard InChI is InChI=1S/C16H18N2O3/c1-12-2-7-16(14(10-12)11-17)21-9-8-13-3-5-15(6-4-13)18(19)20/h2-7,10H,8-9,11,17H2,1H3. The van der Waals surface area contributed by atoms with Gasteiger partial charge in [-0.05, 0) is 18.6 Å². The molecule has 5 heteroatoms. The fraction of sp³-hybridized carbons (Fsp3) is 0.250. The average Bonchev–Trinajstić information content (AvgIpc) is 2.49. The molecular weight excluding hydrogens is 268 g/mol.